The number of halogens is 2. The third-order valence-electron chi connectivity index (χ3n) is 2.91. The summed E-state index contributed by atoms with van der Waals surface area (Å²) in [7, 11) is 1.87. The fourth-order valence-electron chi connectivity index (χ4n) is 2.00. The van der Waals surface area contributed by atoms with Crippen molar-refractivity contribution in [2.24, 2.45) is 0 Å². The van der Waals surface area contributed by atoms with E-state index in [1.165, 1.54) is 23.5 Å². The highest BCUT2D eigenvalue weighted by Crippen LogP contribution is 2.35. The van der Waals surface area contributed by atoms with Crippen LogP contribution in [0.1, 0.15) is 31.3 Å². The molecule has 0 aliphatic heterocycles. The molecule has 0 saturated heterocycles. The van der Waals surface area contributed by atoms with Crippen molar-refractivity contribution < 1.29 is 8.78 Å². The lowest BCUT2D eigenvalue weighted by Gasteiger charge is -2.17. The molecule has 0 amide bonds. The normalized spacial score (nSPS) is 11.9. The van der Waals surface area contributed by atoms with Crippen molar-refractivity contribution in [2.45, 2.75) is 32.7 Å². The first kappa shape index (κ1) is 15.1. The molecule has 0 fully saturated rings. The third kappa shape index (κ3) is 3.04. The Hall–Kier alpha value is -1.33. The van der Waals surface area contributed by atoms with Crippen LogP contribution in [0.5, 0.6) is 0 Å². The highest BCUT2D eigenvalue weighted by molar-refractivity contribution is 7.15. The topological polar surface area (TPSA) is 24.9 Å². The predicted octanol–water partition coefficient (Wildman–Crippen LogP) is 4.11. The maximum atomic E-state index is 13.9. The van der Waals surface area contributed by atoms with Gasteiger partial charge in [0.2, 0.25) is 0 Å². The molecule has 1 aromatic carbocycles. The number of aromatic nitrogens is 1. The van der Waals surface area contributed by atoms with Crippen LogP contribution in [0.4, 0.5) is 8.78 Å². The van der Waals surface area contributed by atoms with E-state index in [1.807, 2.05) is 7.05 Å². The predicted molar refractivity (Wildman–Crippen MR) is 78.9 cm³/mol. The molecule has 0 aliphatic rings. The number of nitrogens with zero attached hydrogens (tertiary/aromatic N) is 1. The fourth-order valence-corrected chi connectivity index (χ4v) is 3.31. The first-order valence-corrected chi connectivity index (χ1v) is 7.25. The molecule has 1 heterocycles. The molecule has 0 spiro atoms. The van der Waals surface area contributed by atoms with Gasteiger partial charge in [0.15, 0.2) is 0 Å². The maximum Gasteiger partial charge on any atom is 0.136 e. The molecule has 0 aliphatic carbocycles. The zero-order valence-corrected chi connectivity index (χ0v) is 12.9. The minimum atomic E-state index is -0.575. The number of rotatable bonds is 3. The molecule has 0 atom stereocenters. The van der Waals surface area contributed by atoms with E-state index < -0.39 is 11.6 Å². The van der Waals surface area contributed by atoms with Crippen LogP contribution < -0.4 is 5.32 Å². The molecular formula is C15H18F2N2S. The molecule has 0 unspecified atom stereocenters. The lowest BCUT2D eigenvalue weighted by atomic mass is 9.91. The lowest BCUT2D eigenvalue weighted by molar-refractivity contribution is 0.563. The fraction of sp³-hybridized carbons (Fsp3) is 0.400. The van der Waals surface area contributed by atoms with Gasteiger partial charge in [-0.2, -0.15) is 0 Å². The van der Waals surface area contributed by atoms with E-state index in [9.17, 15) is 8.78 Å². The quantitative estimate of drug-likeness (QED) is 0.922. The SMILES string of the molecule is CNCc1sc(-c2ccc(F)cc2F)nc1C(C)(C)C. The smallest absolute Gasteiger partial charge is 0.136 e. The van der Waals surface area contributed by atoms with E-state index >= 15 is 0 Å². The Labute approximate surface area is 121 Å². The van der Waals surface area contributed by atoms with Crippen LogP contribution in [0, 0.1) is 11.6 Å². The van der Waals surface area contributed by atoms with Gasteiger partial charge < -0.3 is 5.32 Å². The number of thiazole rings is 1. The third-order valence-corrected chi connectivity index (χ3v) is 4.00. The molecule has 0 radical (unpaired) electrons. The minimum absolute atomic E-state index is 0.114. The van der Waals surface area contributed by atoms with E-state index in [0.717, 1.165) is 16.6 Å². The van der Waals surface area contributed by atoms with Crippen molar-refractivity contribution in [3.8, 4) is 10.6 Å². The van der Waals surface area contributed by atoms with Crippen LogP contribution in [0.15, 0.2) is 18.2 Å². The Balaban J connectivity index is 2.53. The molecule has 2 rings (SSSR count). The van der Waals surface area contributed by atoms with Crippen molar-refractivity contribution in [1.82, 2.24) is 10.3 Å². The van der Waals surface area contributed by atoms with Gasteiger partial charge in [-0.15, -0.1) is 11.3 Å². The summed E-state index contributed by atoms with van der Waals surface area (Å²) in [5, 5.41) is 3.70. The second-order valence-electron chi connectivity index (χ2n) is 5.70. The Morgan fingerprint density at radius 2 is 1.95 bits per heavy atom. The number of benzene rings is 1. The Morgan fingerprint density at radius 1 is 1.25 bits per heavy atom. The maximum absolute atomic E-state index is 13.9. The molecule has 5 heteroatoms. The van der Waals surface area contributed by atoms with Crippen molar-refractivity contribution in [2.75, 3.05) is 7.05 Å². The highest BCUT2D eigenvalue weighted by atomic mass is 32.1. The van der Waals surface area contributed by atoms with Gasteiger partial charge in [-0.3, -0.25) is 0 Å². The van der Waals surface area contributed by atoms with E-state index in [0.29, 0.717) is 17.1 Å². The second kappa shape index (κ2) is 5.58. The molecule has 1 aromatic heterocycles. The summed E-state index contributed by atoms with van der Waals surface area (Å²) in [4.78, 5) is 5.66. The summed E-state index contributed by atoms with van der Waals surface area (Å²) in [5.74, 6) is -1.15. The van der Waals surface area contributed by atoms with E-state index in [1.54, 1.807) is 0 Å². The van der Waals surface area contributed by atoms with Crippen LogP contribution >= 0.6 is 11.3 Å². The molecule has 2 aromatic rings. The van der Waals surface area contributed by atoms with Crippen molar-refractivity contribution in [1.29, 1.82) is 0 Å². The summed E-state index contributed by atoms with van der Waals surface area (Å²) in [6, 6.07) is 3.60. The zero-order valence-electron chi connectivity index (χ0n) is 12.1. The van der Waals surface area contributed by atoms with Gasteiger partial charge in [0.25, 0.3) is 0 Å². The largest absolute Gasteiger partial charge is 0.315 e. The summed E-state index contributed by atoms with van der Waals surface area (Å²) in [5.41, 5.74) is 1.19. The van der Waals surface area contributed by atoms with Crippen molar-refractivity contribution >= 4 is 11.3 Å². The average Bonchev–Trinajstić information content (AvgIpc) is 2.73. The van der Waals surface area contributed by atoms with Gasteiger partial charge in [0.05, 0.1) is 5.69 Å². The van der Waals surface area contributed by atoms with Gasteiger partial charge in [0, 0.05) is 28.5 Å². The molecule has 0 saturated carbocycles. The Morgan fingerprint density at radius 3 is 2.50 bits per heavy atom. The van der Waals surface area contributed by atoms with Crippen molar-refractivity contribution in [3.63, 3.8) is 0 Å². The molecule has 1 N–H and O–H groups in total. The van der Waals surface area contributed by atoms with Crippen LogP contribution in [0.25, 0.3) is 10.6 Å². The molecule has 108 valence electrons. The summed E-state index contributed by atoms with van der Waals surface area (Å²) in [6.45, 7) is 6.91. The van der Waals surface area contributed by atoms with Gasteiger partial charge in [0.1, 0.15) is 16.6 Å². The van der Waals surface area contributed by atoms with Gasteiger partial charge in [-0.05, 0) is 19.2 Å². The van der Waals surface area contributed by atoms with Gasteiger partial charge in [-0.1, -0.05) is 20.8 Å². The molecule has 2 nitrogen and oxygen atoms in total. The minimum Gasteiger partial charge on any atom is -0.315 e. The summed E-state index contributed by atoms with van der Waals surface area (Å²) >= 11 is 1.45. The van der Waals surface area contributed by atoms with Crippen LogP contribution in [-0.2, 0) is 12.0 Å². The Bertz CT molecular complexity index is 615. The monoisotopic (exact) mass is 296 g/mol. The summed E-state index contributed by atoms with van der Waals surface area (Å²) < 4.78 is 26.9. The molecular weight excluding hydrogens is 278 g/mol. The second-order valence-corrected chi connectivity index (χ2v) is 6.78. The number of nitrogens with one attached hydrogen (secondary N) is 1. The van der Waals surface area contributed by atoms with Gasteiger partial charge >= 0.3 is 0 Å². The van der Waals surface area contributed by atoms with E-state index in [4.69, 9.17) is 0 Å². The van der Waals surface area contributed by atoms with Crippen LogP contribution in [0.2, 0.25) is 0 Å². The Kier molecular flexibility index (Phi) is 4.20. The number of hydrogen-bond acceptors (Lipinski definition) is 3. The van der Waals surface area contributed by atoms with Crippen molar-refractivity contribution in [3.05, 3.63) is 40.4 Å². The standard InChI is InChI=1S/C15H18F2N2S/c1-15(2,3)13-12(8-18-4)20-14(19-13)10-6-5-9(16)7-11(10)17/h5-7,18H,8H2,1-4H3. The lowest BCUT2D eigenvalue weighted by Crippen LogP contribution is -2.16. The molecule has 0 bridgehead atoms. The van der Waals surface area contributed by atoms with E-state index in [-0.39, 0.29) is 5.41 Å². The van der Waals surface area contributed by atoms with Gasteiger partial charge in [-0.25, -0.2) is 13.8 Å². The first-order valence-electron chi connectivity index (χ1n) is 6.43. The average molecular weight is 296 g/mol. The first-order chi connectivity index (χ1) is 9.32. The summed E-state index contributed by atoms with van der Waals surface area (Å²) in [6.07, 6.45) is 0. The van der Waals surface area contributed by atoms with E-state index in [2.05, 4.69) is 31.1 Å². The van der Waals surface area contributed by atoms with Crippen LogP contribution in [-0.4, -0.2) is 12.0 Å². The molecule has 20 heavy (non-hydrogen) atoms. The van der Waals surface area contributed by atoms with Crippen LogP contribution in [0.3, 0.4) is 0 Å². The number of hydrogen-bond donors (Lipinski definition) is 1. The zero-order chi connectivity index (χ0) is 14.9. The highest BCUT2D eigenvalue weighted by Gasteiger charge is 2.24.